The van der Waals surface area contributed by atoms with E-state index in [1.165, 1.54) is 38.5 Å². The number of rotatable bonds is 5. The number of carbonyl (C=O) groups excluding carboxylic acids is 2. The molecule has 4 aliphatic carbocycles. The smallest absolute Gasteiger partial charge is 0.234 e. The maximum atomic E-state index is 12.4. The van der Waals surface area contributed by atoms with Gasteiger partial charge in [-0.1, -0.05) is 12.1 Å². The molecule has 0 atom stereocenters. The third-order valence-electron chi connectivity index (χ3n) is 6.04. The summed E-state index contributed by atoms with van der Waals surface area (Å²) in [7, 11) is 0. The molecule has 3 nitrogen and oxygen atoms in total. The summed E-state index contributed by atoms with van der Waals surface area (Å²) in [5.41, 5.74) is 1.36. The second kappa shape index (κ2) is 6.21. The molecule has 0 aliphatic heterocycles. The normalized spacial score (nSPS) is 33.5. The van der Waals surface area contributed by atoms with E-state index in [4.69, 9.17) is 0 Å². The minimum atomic E-state index is 0.0223. The van der Waals surface area contributed by atoms with Crippen molar-refractivity contribution in [2.75, 3.05) is 11.1 Å². The first kappa shape index (κ1) is 16.2. The first-order chi connectivity index (χ1) is 11.5. The maximum Gasteiger partial charge on any atom is 0.234 e. The molecular weight excluding hydrogens is 318 g/mol. The van der Waals surface area contributed by atoms with E-state index in [1.54, 1.807) is 19.1 Å². The Kier molecular flexibility index (Phi) is 4.19. The van der Waals surface area contributed by atoms with Crippen LogP contribution in [0.2, 0.25) is 0 Å². The van der Waals surface area contributed by atoms with Crippen LogP contribution in [0.15, 0.2) is 24.3 Å². The molecule has 128 valence electrons. The van der Waals surface area contributed by atoms with Crippen LogP contribution in [-0.2, 0) is 4.79 Å². The van der Waals surface area contributed by atoms with Crippen LogP contribution in [0.4, 0.5) is 5.69 Å². The summed E-state index contributed by atoms with van der Waals surface area (Å²) in [5.74, 6) is 3.35. The SMILES string of the molecule is CC(=O)c1cccc(NC(=O)CSC23CC4CC(CC(C4)C2)C3)c1. The van der Waals surface area contributed by atoms with Crippen molar-refractivity contribution in [1.82, 2.24) is 0 Å². The topological polar surface area (TPSA) is 46.2 Å². The lowest BCUT2D eigenvalue weighted by molar-refractivity contribution is -0.113. The number of thioether (sulfide) groups is 1. The van der Waals surface area contributed by atoms with Crippen molar-refractivity contribution in [3.05, 3.63) is 29.8 Å². The van der Waals surface area contributed by atoms with Crippen molar-refractivity contribution in [2.24, 2.45) is 17.8 Å². The Bertz CT molecular complexity index is 634. The van der Waals surface area contributed by atoms with Crippen LogP contribution < -0.4 is 5.32 Å². The number of hydrogen-bond donors (Lipinski definition) is 1. The fourth-order valence-corrected chi connectivity index (χ4v) is 7.01. The van der Waals surface area contributed by atoms with Gasteiger partial charge in [-0.05, 0) is 75.3 Å². The first-order valence-electron chi connectivity index (χ1n) is 9.06. The van der Waals surface area contributed by atoms with Gasteiger partial charge in [-0.2, -0.15) is 0 Å². The van der Waals surface area contributed by atoms with Crippen LogP contribution >= 0.6 is 11.8 Å². The van der Waals surface area contributed by atoms with E-state index in [1.807, 2.05) is 23.9 Å². The molecule has 1 amide bonds. The molecule has 4 fully saturated rings. The summed E-state index contributed by atoms with van der Waals surface area (Å²) in [6.45, 7) is 1.55. The van der Waals surface area contributed by atoms with Gasteiger partial charge in [-0.25, -0.2) is 0 Å². The zero-order valence-electron chi connectivity index (χ0n) is 14.2. The Hall–Kier alpha value is -1.29. The van der Waals surface area contributed by atoms with Crippen molar-refractivity contribution < 1.29 is 9.59 Å². The van der Waals surface area contributed by atoms with Gasteiger partial charge in [0.2, 0.25) is 5.91 Å². The van der Waals surface area contributed by atoms with Gasteiger partial charge in [0, 0.05) is 16.0 Å². The number of hydrogen-bond acceptors (Lipinski definition) is 3. The number of nitrogens with one attached hydrogen (secondary N) is 1. The average molecular weight is 343 g/mol. The zero-order valence-corrected chi connectivity index (χ0v) is 15.0. The average Bonchev–Trinajstić information content (AvgIpc) is 2.52. The molecule has 0 spiro atoms. The monoisotopic (exact) mass is 343 g/mol. The molecule has 1 aromatic carbocycles. The van der Waals surface area contributed by atoms with Crippen LogP contribution in [0.5, 0.6) is 0 Å². The van der Waals surface area contributed by atoms with E-state index in [-0.39, 0.29) is 11.7 Å². The Balaban J connectivity index is 1.35. The molecule has 0 radical (unpaired) electrons. The summed E-state index contributed by atoms with van der Waals surface area (Å²) >= 11 is 1.89. The molecule has 4 aliphatic rings. The fraction of sp³-hybridized carbons (Fsp3) is 0.600. The standard InChI is InChI=1S/C20H25NO2S/c1-13(22)17-3-2-4-18(8-17)21-19(23)12-24-20-9-14-5-15(10-20)7-16(6-14)11-20/h2-4,8,14-16H,5-7,9-12H2,1H3,(H,21,23). The molecule has 0 unspecified atom stereocenters. The van der Waals surface area contributed by atoms with E-state index in [0.717, 1.165) is 23.4 Å². The predicted molar refractivity (Wildman–Crippen MR) is 98.4 cm³/mol. The highest BCUT2D eigenvalue weighted by Gasteiger charge is 2.51. The fourth-order valence-electron chi connectivity index (χ4n) is 5.44. The Morgan fingerprint density at radius 3 is 2.33 bits per heavy atom. The molecule has 4 bridgehead atoms. The number of carbonyl (C=O) groups is 2. The van der Waals surface area contributed by atoms with Gasteiger partial charge in [0.25, 0.3) is 0 Å². The van der Waals surface area contributed by atoms with Gasteiger partial charge >= 0.3 is 0 Å². The lowest BCUT2D eigenvalue weighted by Crippen LogP contribution is -2.49. The molecule has 5 rings (SSSR count). The molecule has 1 N–H and O–H groups in total. The highest BCUT2D eigenvalue weighted by atomic mass is 32.2. The highest BCUT2D eigenvalue weighted by molar-refractivity contribution is 8.01. The van der Waals surface area contributed by atoms with Crippen LogP contribution in [0.1, 0.15) is 55.8 Å². The van der Waals surface area contributed by atoms with E-state index < -0.39 is 0 Å². The Morgan fingerprint density at radius 2 is 1.75 bits per heavy atom. The number of benzene rings is 1. The second-order valence-corrected chi connectivity index (χ2v) is 9.52. The quantitative estimate of drug-likeness (QED) is 0.799. The van der Waals surface area contributed by atoms with Crippen molar-refractivity contribution in [2.45, 2.75) is 50.2 Å². The summed E-state index contributed by atoms with van der Waals surface area (Å²) in [4.78, 5) is 23.8. The Labute approximate surface area is 148 Å². The molecule has 4 heteroatoms. The molecule has 24 heavy (non-hydrogen) atoms. The van der Waals surface area contributed by atoms with Crippen LogP contribution in [-0.4, -0.2) is 22.2 Å². The minimum Gasteiger partial charge on any atom is -0.325 e. The van der Waals surface area contributed by atoms with Gasteiger partial charge in [0.1, 0.15) is 0 Å². The summed E-state index contributed by atoms with van der Waals surface area (Å²) < 4.78 is 0.368. The molecule has 0 saturated heterocycles. The molecular formula is C20H25NO2S. The maximum absolute atomic E-state index is 12.4. The lowest BCUT2D eigenvalue weighted by atomic mass is 9.56. The number of ketones is 1. The molecule has 0 heterocycles. The first-order valence-corrected chi connectivity index (χ1v) is 10.0. The van der Waals surface area contributed by atoms with E-state index in [9.17, 15) is 9.59 Å². The van der Waals surface area contributed by atoms with Crippen LogP contribution in [0.3, 0.4) is 0 Å². The lowest BCUT2D eigenvalue weighted by Gasteiger charge is -2.56. The summed E-state index contributed by atoms with van der Waals surface area (Å²) in [6.07, 6.45) is 8.25. The van der Waals surface area contributed by atoms with Gasteiger partial charge in [0.15, 0.2) is 5.78 Å². The predicted octanol–water partition coefficient (Wildman–Crippen LogP) is 4.53. The van der Waals surface area contributed by atoms with Gasteiger partial charge < -0.3 is 5.32 Å². The van der Waals surface area contributed by atoms with Crippen molar-refractivity contribution in [1.29, 1.82) is 0 Å². The van der Waals surface area contributed by atoms with Crippen molar-refractivity contribution in [3.8, 4) is 0 Å². The molecule has 4 saturated carbocycles. The number of anilines is 1. The number of amides is 1. The summed E-state index contributed by atoms with van der Waals surface area (Å²) in [6, 6.07) is 7.20. The van der Waals surface area contributed by atoms with Crippen LogP contribution in [0.25, 0.3) is 0 Å². The minimum absolute atomic E-state index is 0.0223. The van der Waals surface area contributed by atoms with E-state index in [0.29, 0.717) is 16.1 Å². The second-order valence-electron chi connectivity index (χ2n) is 8.07. The highest BCUT2D eigenvalue weighted by Crippen LogP contribution is 2.60. The Morgan fingerprint density at radius 1 is 1.12 bits per heavy atom. The van der Waals surface area contributed by atoms with E-state index in [2.05, 4.69) is 5.32 Å². The van der Waals surface area contributed by atoms with Crippen molar-refractivity contribution >= 4 is 29.1 Å². The van der Waals surface area contributed by atoms with Gasteiger partial charge in [-0.15, -0.1) is 11.8 Å². The zero-order chi connectivity index (χ0) is 16.7. The summed E-state index contributed by atoms with van der Waals surface area (Å²) in [5, 5.41) is 2.96. The van der Waals surface area contributed by atoms with Crippen molar-refractivity contribution in [3.63, 3.8) is 0 Å². The molecule has 1 aromatic rings. The third kappa shape index (κ3) is 3.26. The third-order valence-corrected chi connectivity index (χ3v) is 7.56. The van der Waals surface area contributed by atoms with Gasteiger partial charge in [0.05, 0.1) is 5.75 Å². The van der Waals surface area contributed by atoms with E-state index >= 15 is 0 Å². The largest absolute Gasteiger partial charge is 0.325 e. The van der Waals surface area contributed by atoms with Gasteiger partial charge in [-0.3, -0.25) is 9.59 Å². The van der Waals surface area contributed by atoms with Crippen LogP contribution in [0, 0.1) is 17.8 Å². The molecule has 0 aromatic heterocycles. The number of Topliss-reactive ketones (excluding diaryl/α,β-unsaturated/α-hetero) is 1.